The van der Waals surface area contributed by atoms with Crippen LogP contribution >= 0.6 is 15.9 Å². The van der Waals surface area contributed by atoms with Crippen molar-refractivity contribution < 1.29 is 19.2 Å². The van der Waals surface area contributed by atoms with Gasteiger partial charge in [-0.1, -0.05) is 28.1 Å². The number of hydrogen-bond donors (Lipinski definition) is 0. The first kappa shape index (κ1) is 16.3. The predicted molar refractivity (Wildman–Crippen MR) is 75.1 cm³/mol. The van der Waals surface area contributed by atoms with Crippen LogP contribution in [0.1, 0.15) is 23.7 Å². The minimum atomic E-state index is -1.05. The standard InChI is InChI=1S/C13H14BrNO5/c1-2-20-13(17)10(8-15(18)19)7-12(16)9-3-5-11(14)6-4-9/h3-6,10H,2,7-8H2,1H3/t10-/m1/s1. The molecule has 0 radical (unpaired) electrons. The van der Waals surface area contributed by atoms with Crippen molar-refractivity contribution in [1.82, 2.24) is 0 Å². The normalized spacial score (nSPS) is 11.7. The molecule has 0 aliphatic rings. The highest BCUT2D eigenvalue weighted by molar-refractivity contribution is 9.10. The molecule has 1 aromatic rings. The second kappa shape index (κ2) is 7.74. The number of ether oxygens (including phenoxy) is 1. The van der Waals surface area contributed by atoms with Crippen LogP contribution in [0, 0.1) is 16.0 Å². The Labute approximate surface area is 124 Å². The Morgan fingerprint density at radius 1 is 1.35 bits per heavy atom. The average Bonchev–Trinajstić information content (AvgIpc) is 2.38. The highest BCUT2D eigenvalue weighted by Crippen LogP contribution is 2.15. The Bertz CT molecular complexity index is 500. The zero-order valence-electron chi connectivity index (χ0n) is 10.9. The molecule has 1 atom stereocenters. The maximum Gasteiger partial charge on any atom is 0.316 e. The molecule has 108 valence electrons. The van der Waals surface area contributed by atoms with Gasteiger partial charge in [-0.2, -0.15) is 0 Å². The fraction of sp³-hybridized carbons (Fsp3) is 0.385. The first-order valence-electron chi connectivity index (χ1n) is 6.01. The third-order valence-electron chi connectivity index (χ3n) is 2.59. The highest BCUT2D eigenvalue weighted by Gasteiger charge is 2.28. The van der Waals surface area contributed by atoms with Crippen LogP contribution < -0.4 is 0 Å². The summed E-state index contributed by atoms with van der Waals surface area (Å²) in [7, 11) is 0. The monoisotopic (exact) mass is 343 g/mol. The lowest BCUT2D eigenvalue weighted by molar-refractivity contribution is -0.485. The fourth-order valence-electron chi connectivity index (χ4n) is 1.64. The summed E-state index contributed by atoms with van der Waals surface area (Å²) in [5, 5.41) is 10.6. The lowest BCUT2D eigenvalue weighted by atomic mass is 9.98. The molecule has 0 N–H and O–H groups in total. The summed E-state index contributed by atoms with van der Waals surface area (Å²) in [5.74, 6) is -2.09. The van der Waals surface area contributed by atoms with Crippen LogP contribution in [-0.2, 0) is 9.53 Å². The first-order chi connectivity index (χ1) is 9.43. The molecule has 0 heterocycles. The number of carbonyl (C=O) groups excluding carboxylic acids is 2. The molecule has 0 spiro atoms. The van der Waals surface area contributed by atoms with Gasteiger partial charge in [0, 0.05) is 21.4 Å². The Morgan fingerprint density at radius 2 is 1.95 bits per heavy atom. The van der Waals surface area contributed by atoms with Crippen LogP contribution in [0.25, 0.3) is 0 Å². The van der Waals surface area contributed by atoms with Gasteiger partial charge in [0.05, 0.1) is 6.61 Å². The lowest BCUT2D eigenvalue weighted by Crippen LogP contribution is -2.27. The number of hydrogen-bond acceptors (Lipinski definition) is 5. The van der Waals surface area contributed by atoms with Crippen LogP contribution in [0.2, 0.25) is 0 Å². The number of ketones is 1. The van der Waals surface area contributed by atoms with Gasteiger partial charge in [-0.05, 0) is 19.1 Å². The van der Waals surface area contributed by atoms with E-state index in [0.29, 0.717) is 5.56 Å². The van der Waals surface area contributed by atoms with Crippen molar-refractivity contribution in [1.29, 1.82) is 0 Å². The third-order valence-corrected chi connectivity index (χ3v) is 3.12. The topological polar surface area (TPSA) is 86.5 Å². The number of benzene rings is 1. The highest BCUT2D eigenvalue weighted by atomic mass is 79.9. The summed E-state index contributed by atoms with van der Waals surface area (Å²) >= 11 is 3.25. The van der Waals surface area contributed by atoms with E-state index in [4.69, 9.17) is 4.74 Å². The summed E-state index contributed by atoms with van der Waals surface area (Å²) in [6.07, 6.45) is -0.235. The molecule has 1 rings (SSSR count). The summed E-state index contributed by atoms with van der Waals surface area (Å²) in [5.41, 5.74) is 0.408. The maximum absolute atomic E-state index is 12.0. The second-order valence-electron chi connectivity index (χ2n) is 4.10. The van der Waals surface area contributed by atoms with Gasteiger partial charge in [-0.15, -0.1) is 0 Å². The van der Waals surface area contributed by atoms with Crippen molar-refractivity contribution in [2.45, 2.75) is 13.3 Å². The van der Waals surface area contributed by atoms with Crippen molar-refractivity contribution >= 4 is 27.7 Å². The minimum absolute atomic E-state index is 0.125. The van der Waals surface area contributed by atoms with Gasteiger partial charge in [0.25, 0.3) is 0 Å². The first-order valence-corrected chi connectivity index (χ1v) is 6.80. The molecule has 0 aliphatic heterocycles. The smallest absolute Gasteiger partial charge is 0.316 e. The van der Waals surface area contributed by atoms with Crippen LogP contribution in [-0.4, -0.2) is 29.8 Å². The minimum Gasteiger partial charge on any atom is -0.466 e. The zero-order chi connectivity index (χ0) is 15.1. The molecule has 0 bridgehead atoms. The molecule has 7 heteroatoms. The van der Waals surface area contributed by atoms with Crippen molar-refractivity contribution in [3.63, 3.8) is 0 Å². The summed E-state index contributed by atoms with van der Waals surface area (Å²) in [6.45, 7) is 1.12. The third kappa shape index (κ3) is 5.08. The number of halogens is 1. The van der Waals surface area contributed by atoms with E-state index >= 15 is 0 Å². The van der Waals surface area contributed by atoms with Crippen molar-refractivity contribution in [2.24, 2.45) is 5.92 Å². The number of nitro groups is 1. The molecule has 0 saturated carbocycles. The van der Waals surface area contributed by atoms with Gasteiger partial charge in [0.2, 0.25) is 6.54 Å². The molecular weight excluding hydrogens is 330 g/mol. The van der Waals surface area contributed by atoms with E-state index < -0.39 is 23.4 Å². The van der Waals surface area contributed by atoms with Gasteiger partial charge >= 0.3 is 5.97 Å². The lowest BCUT2D eigenvalue weighted by Gasteiger charge is -2.11. The fourth-order valence-corrected chi connectivity index (χ4v) is 1.90. The predicted octanol–water partition coefficient (Wildman–Crippen LogP) is 2.48. The molecule has 0 aliphatic carbocycles. The number of Topliss-reactive ketones (excluding diaryl/α,β-unsaturated/α-hetero) is 1. The van der Waals surface area contributed by atoms with Crippen LogP contribution in [0.3, 0.4) is 0 Å². The van der Waals surface area contributed by atoms with E-state index in [9.17, 15) is 19.7 Å². The van der Waals surface area contributed by atoms with E-state index in [1.807, 2.05) is 0 Å². The van der Waals surface area contributed by atoms with Crippen LogP contribution in [0.15, 0.2) is 28.7 Å². The summed E-state index contributed by atoms with van der Waals surface area (Å²) < 4.78 is 5.58. The molecular formula is C13H14BrNO5. The number of nitrogens with zero attached hydrogens (tertiary/aromatic N) is 1. The summed E-state index contributed by atoms with van der Waals surface area (Å²) in [4.78, 5) is 33.6. The Morgan fingerprint density at radius 3 is 2.45 bits per heavy atom. The van der Waals surface area contributed by atoms with E-state index in [1.54, 1.807) is 31.2 Å². The van der Waals surface area contributed by atoms with E-state index in [-0.39, 0.29) is 18.8 Å². The molecule has 20 heavy (non-hydrogen) atoms. The van der Waals surface area contributed by atoms with Crippen molar-refractivity contribution in [2.75, 3.05) is 13.2 Å². The Hall–Kier alpha value is -1.76. The quantitative estimate of drug-likeness (QED) is 0.328. The van der Waals surface area contributed by atoms with E-state index in [0.717, 1.165) is 4.47 Å². The number of carbonyl (C=O) groups is 2. The molecule has 0 saturated heterocycles. The second-order valence-corrected chi connectivity index (χ2v) is 5.01. The van der Waals surface area contributed by atoms with Crippen LogP contribution in [0.4, 0.5) is 0 Å². The molecule has 6 nitrogen and oxygen atoms in total. The molecule has 0 amide bonds. The number of esters is 1. The molecule has 0 aromatic heterocycles. The SMILES string of the molecule is CCOC(=O)[C@H](CC(=O)c1ccc(Br)cc1)C[N+](=O)[O-]. The summed E-state index contributed by atoms with van der Waals surface area (Å²) in [6, 6.07) is 6.59. The van der Waals surface area contributed by atoms with Crippen molar-refractivity contribution in [3.8, 4) is 0 Å². The van der Waals surface area contributed by atoms with Gasteiger partial charge in [0.15, 0.2) is 5.78 Å². The van der Waals surface area contributed by atoms with Gasteiger partial charge in [0.1, 0.15) is 5.92 Å². The van der Waals surface area contributed by atoms with Gasteiger partial charge < -0.3 is 4.74 Å². The molecule has 0 fully saturated rings. The van der Waals surface area contributed by atoms with E-state index in [2.05, 4.69) is 15.9 Å². The van der Waals surface area contributed by atoms with Gasteiger partial charge in [-0.25, -0.2) is 0 Å². The molecule has 1 aromatic carbocycles. The number of rotatable bonds is 7. The Kier molecular flexibility index (Phi) is 6.30. The average molecular weight is 344 g/mol. The molecule has 0 unspecified atom stereocenters. The zero-order valence-corrected chi connectivity index (χ0v) is 12.5. The van der Waals surface area contributed by atoms with Crippen molar-refractivity contribution in [3.05, 3.63) is 44.4 Å². The Balaban J connectivity index is 2.77. The van der Waals surface area contributed by atoms with E-state index in [1.165, 1.54) is 0 Å². The maximum atomic E-state index is 12.0. The largest absolute Gasteiger partial charge is 0.466 e. The van der Waals surface area contributed by atoms with Gasteiger partial charge in [-0.3, -0.25) is 19.7 Å². The van der Waals surface area contributed by atoms with Crippen LogP contribution in [0.5, 0.6) is 0 Å².